The first-order chi connectivity index (χ1) is 30.7. The molecule has 0 saturated carbocycles. The lowest BCUT2D eigenvalue weighted by Gasteiger charge is -2.11. The summed E-state index contributed by atoms with van der Waals surface area (Å²) in [7, 11) is 0. The fourth-order valence-corrected chi connectivity index (χ4v) is 8.70. The van der Waals surface area contributed by atoms with E-state index < -0.39 is 0 Å². The van der Waals surface area contributed by atoms with E-state index in [2.05, 4.69) is 176 Å². The minimum atomic E-state index is 0.571. The second-order valence-corrected chi connectivity index (χ2v) is 15.5. The molecule has 0 bridgehead atoms. The first-order valence-corrected chi connectivity index (χ1v) is 20.7. The third-order valence-corrected chi connectivity index (χ3v) is 11.8. The minimum absolute atomic E-state index is 0.571. The van der Waals surface area contributed by atoms with E-state index in [4.69, 9.17) is 23.8 Å². The van der Waals surface area contributed by atoms with Crippen LogP contribution in [-0.2, 0) is 0 Å². The Labute approximate surface area is 357 Å². The maximum absolute atomic E-state index is 6.69. The Hall–Kier alpha value is -8.41. The molecule has 3 heterocycles. The zero-order valence-electron chi connectivity index (χ0n) is 33.4. The fourth-order valence-electron chi connectivity index (χ4n) is 8.70. The van der Waals surface area contributed by atoms with E-state index in [0.29, 0.717) is 17.5 Å². The van der Waals surface area contributed by atoms with Crippen molar-refractivity contribution in [3.8, 4) is 78.7 Å². The lowest BCUT2D eigenvalue weighted by atomic mass is 9.91. The number of hydrogen-bond acceptors (Lipinski definition) is 5. The summed E-state index contributed by atoms with van der Waals surface area (Å²) in [5, 5.41) is 4.30. The highest BCUT2D eigenvalue weighted by molar-refractivity contribution is 6.14. The second-order valence-electron chi connectivity index (χ2n) is 15.5. The van der Waals surface area contributed by atoms with Gasteiger partial charge in [0.2, 0.25) is 0 Å². The molecule has 0 spiro atoms. The molecule has 0 N–H and O–H groups in total. The fraction of sp³-hybridized carbons (Fsp3) is 0. The summed E-state index contributed by atoms with van der Waals surface area (Å²) in [4.78, 5) is 15.2. The highest BCUT2D eigenvalue weighted by atomic mass is 16.3. The predicted molar refractivity (Wildman–Crippen MR) is 252 cm³/mol. The number of furan rings is 2. The Morgan fingerprint density at radius 3 is 1.29 bits per heavy atom. The molecular weight excluding hydrogens is 759 g/mol. The van der Waals surface area contributed by atoms with Gasteiger partial charge >= 0.3 is 0 Å². The highest BCUT2D eigenvalue weighted by Gasteiger charge is 2.18. The van der Waals surface area contributed by atoms with E-state index in [1.54, 1.807) is 0 Å². The van der Waals surface area contributed by atoms with Gasteiger partial charge in [0.1, 0.15) is 22.3 Å². The van der Waals surface area contributed by atoms with E-state index in [0.717, 1.165) is 105 Å². The van der Waals surface area contributed by atoms with Gasteiger partial charge in [-0.05, 0) is 80.9 Å². The van der Waals surface area contributed by atoms with Crippen LogP contribution in [0.1, 0.15) is 0 Å². The van der Waals surface area contributed by atoms with Gasteiger partial charge in [0.05, 0.1) is 0 Å². The molecule has 62 heavy (non-hydrogen) atoms. The molecule has 0 unspecified atom stereocenters. The number of aromatic nitrogens is 3. The lowest BCUT2D eigenvalue weighted by molar-refractivity contribution is 0.668. The summed E-state index contributed by atoms with van der Waals surface area (Å²) in [6.45, 7) is 0. The quantitative estimate of drug-likeness (QED) is 0.161. The van der Waals surface area contributed by atoms with E-state index in [1.807, 2.05) is 36.4 Å². The van der Waals surface area contributed by atoms with E-state index >= 15 is 0 Å². The Morgan fingerprint density at radius 2 is 0.661 bits per heavy atom. The first kappa shape index (κ1) is 35.5. The van der Waals surface area contributed by atoms with Gasteiger partial charge in [-0.3, -0.25) is 0 Å². The zero-order valence-corrected chi connectivity index (χ0v) is 33.4. The molecule has 12 rings (SSSR count). The maximum Gasteiger partial charge on any atom is 0.164 e. The van der Waals surface area contributed by atoms with Gasteiger partial charge in [-0.15, -0.1) is 0 Å². The van der Waals surface area contributed by atoms with Crippen molar-refractivity contribution < 1.29 is 8.83 Å². The number of nitrogens with zero attached hydrogens (tertiary/aromatic N) is 3. The third-order valence-electron chi connectivity index (χ3n) is 11.8. The summed E-state index contributed by atoms with van der Waals surface area (Å²) in [5.41, 5.74) is 15.0. The van der Waals surface area contributed by atoms with Crippen molar-refractivity contribution >= 4 is 43.9 Å². The Bertz CT molecular complexity index is 3510. The number of fused-ring (bicyclic) bond motifs is 6. The van der Waals surface area contributed by atoms with Gasteiger partial charge in [0.25, 0.3) is 0 Å². The summed E-state index contributed by atoms with van der Waals surface area (Å²) in [6, 6.07) is 73.4. The van der Waals surface area contributed by atoms with Crippen LogP contribution < -0.4 is 0 Å². The molecular formula is C57H35N3O2. The molecule has 5 nitrogen and oxygen atoms in total. The molecule has 5 heteroatoms. The van der Waals surface area contributed by atoms with Gasteiger partial charge in [0.15, 0.2) is 17.5 Å². The summed E-state index contributed by atoms with van der Waals surface area (Å²) in [6.07, 6.45) is 0. The molecule has 0 radical (unpaired) electrons. The van der Waals surface area contributed by atoms with Gasteiger partial charge in [0, 0.05) is 38.2 Å². The van der Waals surface area contributed by atoms with E-state index in [1.165, 1.54) is 0 Å². The van der Waals surface area contributed by atoms with Crippen molar-refractivity contribution in [1.82, 2.24) is 15.0 Å². The molecule has 3 aromatic heterocycles. The molecule has 9 aromatic carbocycles. The van der Waals surface area contributed by atoms with Gasteiger partial charge < -0.3 is 8.83 Å². The summed E-state index contributed by atoms with van der Waals surface area (Å²) < 4.78 is 13.0. The standard InChI is InChI=1S/C57H35N3O2/c1-3-12-36(13-4-1)38-22-26-40(27-23-38)55-58-56(41-28-24-39(25-29-41)37-14-5-2-6-15-37)60-57(59-55)43-31-33-47-46-32-30-42(34-52(46)62-53(47)35-43)44-16-7-8-17-45(44)48-19-11-21-51-54(48)49-18-9-10-20-50(49)61-51/h1-35H. The predicted octanol–water partition coefficient (Wildman–Crippen LogP) is 15.3. The van der Waals surface area contributed by atoms with Gasteiger partial charge in [-0.1, -0.05) is 176 Å². The van der Waals surface area contributed by atoms with Crippen LogP contribution >= 0.6 is 0 Å². The molecule has 0 aliphatic rings. The maximum atomic E-state index is 6.69. The topological polar surface area (TPSA) is 65.0 Å². The SMILES string of the molecule is c1ccc(-c2ccc(-c3nc(-c4ccc(-c5ccccc5)cc4)nc(-c4ccc5c(c4)oc4cc(-c6ccccc6-c6cccc7oc8ccccc8c67)ccc45)n3)cc2)cc1. The van der Waals surface area contributed by atoms with Crippen molar-refractivity contribution in [2.24, 2.45) is 0 Å². The zero-order chi connectivity index (χ0) is 41.0. The average molecular weight is 794 g/mol. The van der Waals surface area contributed by atoms with Crippen molar-refractivity contribution in [1.29, 1.82) is 0 Å². The van der Waals surface area contributed by atoms with Crippen LogP contribution in [0.15, 0.2) is 221 Å². The van der Waals surface area contributed by atoms with Gasteiger partial charge in [-0.25, -0.2) is 15.0 Å². The molecule has 0 aliphatic carbocycles. The Kier molecular flexibility index (Phi) is 8.42. The molecule has 290 valence electrons. The van der Waals surface area contributed by atoms with Crippen LogP contribution in [0, 0.1) is 0 Å². The van der Waals surface area contributed by atoms with Crippen LogP contribution in [0.2, 0.25) is 0 Å². The Morgan fingerprint density at radius 1 is 0.242 bits per heavy atom. The van der Waals surface area contributed by atoms with E-state index in [9.17, 15) is 0 Å². The molecule has 0 aliphatic heterocycles. The third kappa shape index (κ3) is 6.23. The molecule has 0 saturated heterocycles. The largest absolute Gasteiger partial charge is 0.456 e. The van der Waals surface area contributed by atoms with Crippen LogP contribution in [0.25, 0.3) is 123 Å². The number of rotatable bonds is 7. The summed E-state index contributed by atoms with van der Waals surface area (Å²) >= 11 is 0. The molecule has 0 amide bonds. The van der Waals surface area contributed by atoms with Crippen molar-refractivity contribution in [3.05, 3.63) is 212 Å². The smallest absolute Gasteiger partial charge is 0.164 e. The number of benzene rings is 9. The number of hydrogen-bond donors (Lipinski definition) is 0. The number of para-hydroxylation sites is 1. The monoisotopic (exact) mass is 793 g/mol. The first-order valence-electron chi connectivity index (χ1n) is 20.7. The second kappa shape index (κ2) is 14.7. The normalized spacial score (nSPS) is 11.5. The molecule has 12 aromatic rings. The molecule has 0 fully saturated rings. The van der Waals surface area contributed by atoms with Gasteiger partial charge in [-0.2, -0.15) is 0 Å². The minimum Gasteiger partial charge on any atom is -0.456 e. The average Bonchev–Trinajstić information content (AvgIpc) is 3.92. The van der Waals surface area contributed by atoms with Crippen LogP contribution in [0.5, 0.6) is 0 Å². The van der Waals surface area contributed by atoms with Crippen molar-refractivity contribution in [2.45, 2.75) is 0 Å². The van der Waals surface area contributed by atoms with Crippen LogP contribution in [0.4, 0.5) is 0 Å². The van der Waals surface area contributed by atoms with Crippen molar-refractivity contribution in [2.75, 3.05) is 0 Å². The van der Waals surface area contributed by atoms with Crippen molar-refractivity contribution in [3.63, 3.8) is 0 Å². The highest BCUT2D eigenvalue weighted by Crippen LogP contribution is 2.42. The summed E-state index contributed by atoms with van der Waals surface area (Å²) in [5.74, 6) is 1.77. The van der Waals surface area contributed by atoms with Crippen LogP contribution in [0.3, 0.4) is 0 Å². The van der Waals surface area contributed by atoms with E-state index in [-0.39, 0.29) is 0 Å². The Balaban J connectivity index is 0.944. The molecule has 0 atom stereocenters. The lowest BCUT2D eigenvalue weighted by Crippen LogP contribution is -2.00. The van der Waals surface area contributed by atoms with Crippen LogP contribution in [-0.4, -0.2) is 15.0 Å².